The first-order valence-electron chi connectivity index (χ1n) is 15.1. The molecule has 43 heavy (non-hydrogen) atoms. The minimum atomic E-state index is -0.693. The summed E-state index contributed by atoms with van der Waals surface area (Å²) in [6.07, 6.45) is 4.24. The SMILES string of the molecule is CC.CCC.CCCCC(=O)NC(C(=O)NCC(=O)Nc1ccc(COC(=O)NC)cc1)C(C)C.CCCNC.NC=O. The van der Waals surface area contributed by atoms with Gasteiger partial charge in [0.05, 0.1) is 6.54 Å². The number of hydrogen-bond donors (Lipinski definition) is 6. The van der Waals surface area contributed by atoms with Crippen molar-refractivity contribution in [2.75, 3.05) is 32.5 Å². The maximum Gasteiger partial charge on any atom is 0.407 e. The van der Waals surface area contributed by atoms with Crippen molar-refractivity contribution in [3.8, 4) is 0 Å². The average molecular weight is 613 g/mol. The van der Waals surface area contributed by atoms with Crippen molar-refractivity contribution in [2.45, 2.75) is 100 Å². The van der Waals surface area contributed by atoms with Crippen LogP contribution in [-0.2, 0) is 30.5 Å². The third-order valence-electron chi connectivity index (χ3n) is 4.76. The molecule has 1 unspecified atom stereocenters. The highest BCUT2D eigenvalue weighted by Crippen LogP contribution is 2.10. The Bertz CT molecular complexity index is 833. The molecular weight excluding hydrogens is 552 g/mol. The van der Waals surface area contributed by atoms with E-state index < -0.39 is 23.9 Å². The first-order valence-corrected chi connectivity index (χ1v) is 15.1. The molecule has 7 N–H and O–H groups in total. The summed E-state index contributed by atoms with van der Waals surface area (Å²) >= 11 is 0. The van der Waals surface area contributed by atoms with E-state index in [1.54, 1.807) is 24.3 Å². The zero-order valence-electron chi connectivity index (χ0n) is 28.2. The van der Waals surface area contributed by atoms with E-state index in [1.165, 1.54) is 19.9 Å². The number of carbonyl (C=O) groups is 5. The van der Waals surface area contributed by atoms with Gasteiger partial charge >= 0.3 is 6.09 Å². The fourth-order valence-corrected chi connectivity index (χ4v) is 2.76. The Morgan fingerprint density at radius 2 is 1.47 bits per heavy atom. The van der Waals surface area contributed by atoms with Gasteiger partial charge in [-0.2, -0.15) is 0 Å². The number of nitrogens with one attached hydrogen (secondary N) is 5. The van der Waals surface area contributed by atoms with E-state index in [0.717, 1.165) is 24.9 Å². The zero-order chi connectivity index (χ0) is 34.1. The minimum absolute atomic E-state index is 0.108. The van der Waals surface area contributed by atoms with Crippen LogP contribution in [0.2, 0.25) is 0 Å². The predicted octanol–water partition coefficient (Wildman–Crippen LogP) is 4.09. The second kappa shape index (κ2) is 34.5. The number of ether oxygens (including phenoxy) is 1. The predicted molar refractivity (Wildman–Crippen MR) is 175 cm³/mol. The van der Waals surface area contributed by atoms with Crippen molar-refractivity contribution < 1.29 is 28.7 Å². The molecule has 0 saturated carbocycles. The van der Waals surface area contributed by atoms with Crippen molar-refractivity contribution in [1.29, 1.82) is 0 Å². The number of unbranched alkanes of at least 4 members (excludes halogenated alkanes) is 1. The van der Waals surface area contributed by atoms with Crippen molar-refractivity contribution in [3.63, 3.8) is 0 Å². The van der Waals surface area contributed by atoms with Crippen LogP contribution in [-0.4, -0.2) is 63.5 Å². The second-order valence-corrected chi connectivity index (χ2v) is 9.13. The van der Waals surface area contributed by atoms with E-state index in [0.29, 0.717) is 12.1 Å². The summed E-state index contributed by atoms with van der Waals surface area (Å²) in [4.78, 5) is 56.1. The Balaban J connectivity index is -0.000000495. The highest BCUT2D eigenvalue weighted by Gasteiger charge is 2.24. The van der Waals surface area contributed by atoms with Gasteiger partial charge in [-0.15, -0.1) is 0 Å². The van der Waals surface area contributed by atoms with Gasteiger partial charge in [0.15, 0.2) is 0 Å². The van der Waals surface area contributed by atoms with Crippen LogP contribution in [0.5, 0.6) is 0 Å². The third kappa shape index (κ3) is 31.1. The van der Waals surface area contributed by atoms with Crippen LogP contribution in [0.3, 0.4) is 0 Å². The largest absolute Gasteiger partial charge is 0.445 e. The van der Waals surface area contributed by atoms with Gasteiger partial charge in [-0.1, -0.05) is 80.4 Å². The summed E-state index contributed by atoms with van der Waals surface area (Å²) in [5.41, 5.74) is 5.48. The summed E-state index contributed by atoms with van der Waals surface area (Å²) in [6, 6.07) is 6.09. The molecule has 5 amide bonds. The Labute approximate surface area is 260 Å². The number of rotatable bonds is 13. The molecule has 12 heteroatoms. The summed E-state index contributed by atoms with van der Waals surface area (Å²) in [5.74, 6) is -1.07. The summed E-state index contributed by atoms with van der Waals surface area (Å²) in [6.45, 7) is 17.1. The number of hydrogen-bond acceptors (Lipinski definition) is 7. The fourth-order valence-electron chi connectivity index (χ4n) is 2.76. The van der Waals surface area contributed by atoms with Gasteiger partial charge in [-0.3, -0.25) is 19.2 Å². The van der Waals surface area contributed by atoms with Crippen LogP contribution in [0.15, 0.2) is 24.3 Å². The standard InChI is InChI=1S/C21H32N4O5.C4H11N.C3H8.C2H6.CH3NO/c1-5-6-7-17(26)25-19(14(2)3)20(28)23-12-18(27)24-16-10-8-15(9-11-16)13-30-21(29)22-4;1-3-4-5-2;1-3-2;1-2;2-1-3/h8-11,14,19H,5-7,12-13H2,1-4H3,(H,22,29)(H,23,28)(H,24,27)(H,25,26);5H,3-4H2,1-2H3;3H2,1-2H3;1-2H3;1H,(H2,2,3). The Kier molecular flexibility index (Phi) is 37.2. The van der Waals surface area contributed by atoms with Gasteiger partial charge in [0.2, 0.25) is 24.1 Å². The molecule has 0 saturated heterocycles. The summed E-state index contributed by atoms with van der Waals surface area (Å²) in [5, 5.41) is 13.3. The van der Waals surface area contributed by atoms with Gasteiger partial charge in [0.1, 0.15) is 12.6 Å². The Hall–Kier alpha value is -3.67. The Morgan fingerprint density at radius 3 is 1.86 bits per heavy atom. The number of anilines is 1. The molecule has 0 radical (unpaired) electrons. The maximum absolute atomic E-state index is 12.4. The maximum atomic E-state index is 12.4. The average Bonchev–Trinajstić information content (AvgIpc) is 2.99. The summed E-state index contributed by atoms with van der Waals surface area (Å²) < 4.78 is 4.94. The number of amides is 5. The zero-order valence-corrected chi connectivity index (χ0v) is 28.2. The molecule has 250 valence electrons. The smallest absolute Gasteiger partial charge is 0.407 e. The first kappa shape index (κ1) is 46.3. The molecule has 0 spiro atoms. The second-order valence-electron chi connectivity index (χ2n) is 9.13. The van der Waals surface area contributed by atoms with E-state index in [4.69, 9.17) is 9.53 Å². The van der Waals surface area contributed by atoms with E-state index in [9.17, 15) is 19.2 Å². The van der Waals surface area contributed by atoms with Crippen molar-refractivity contribution in [3.05, 3.63) is 29.8 Å². The first-order chi connectivity index (χ1) is 20.5. The van der Waals surface area contributed by atoms with Crippen LogP contribution >= 0.6 is 0 Å². The lowest BCUT2D eigenvalue weighted by Crippen LogP contribution is -2.51. The van der Waals surface area contributed by atoms with Gasteiger partial charge in [0, 0.05) is 19.2 Å². The molecule has 1 aromatic rings. The molecule has 1 aromatic carbocycles. The number of carbonyl (C=O) groups excluding carboxylic acids is 5. The molecule has 12 nitrogen and oxygen atoms in total. The quantitative estimate of drug-likeness (QED) is 0.181. The molecule has 1 rings (SSSR count). The topological polar surface area (TPSA) is 181 Å². The summed E-state index contributed by atoms with van der Waals surface area (Å²) in [7, 11) is 3.44. The monoisotopic (exact) mass is 612 g/mol. The molecule has 1 atom stereocenters. The molecule has 0 aliphatic carbocycles. The third-order valence-corrected chi connectivity index (χ3v) is 4.76. The number of nitrogens with two attached hydrogens (primary N) is 1. The van der Waals surface area contributed by atoms with Crippen LogP contribution in [0.4, 0.5) is 10.5 Å². The van der Waals surface area contributed by atoms with Crippen LogP contribution in [0.25, 0.3) is 0 Å². The fraction of sp³-hybridized carbons (Fsp3) is 0.645. The normalized spacial score (nSPS) is 9.74. The van der Waals surface area contributed by atoms with Crippen LogP contribution in [0.1, 0.15) is 93.1 Å². The van der Waals surface area contributed by atoms with Gasteiger partial charge in [-0.05, 0) is 50.0 Å². The van der Waals surface area contributed by atoms with E-state index in [2.05, 4.69) is 53.1 Å². The number of benzene rings is 1. The van der Waals surface area contributed by atoms with Gasteiger partial charge in [-0.25, -0.2) is 4.79 Å². The van der Waals surface area contributed by atoms with Crippen LogP contribution in [0, 0.1) is 5.92 Å². The number of primary amides is 1. The highest BCUT2D eigenvalue weighted by molar-refractivity contribution is 5.96. The van der Waals surface area contributed by atoms with E-state index in [1.807, 2.05) is 41.7 Å². The minimum Gasteiger partial charge on any atom is -0.445 e. The molecule has 0 heterocycles. The van der Waals surface area contributed by atoms with E-state index in [-0.39, 0.29) is 31.4 Å². The Morgan fingerprint density at radius 1 is 0.930 bits per heavy atom. The molecule has 0 fully saturated rings. The van der Waals surface area contributed by atoms with E-state index >= 15 is 0 Å². The lowest BCUT2D eigenvalue weighted by molar-refractivity contribution is -0.130. The van der Waals surface area contributed by atoms with Crippen molar-refractivity contribution in [1.82, 2.24) is 21.3 Å². The molecule has 0 aromatic heterocycles. The molecule has 0 aliphatic rings. The van der Waals surface area contributed by atoms with Gasteiger partial charge in [0.25, 0.3) is 0 Å². The lowest BCUT2D eigenvalue weighted by Gasteiger charge is -2.21. The lowest BCUT2D eigenvalue weighted by atomic mass is 10.0. The van der Waals surface area contributed by atoms with Crippen LogP contribution < -0.4 is 32.3 Å². The molecule has 0 bridgehead atoms. The molecular formula is C31H60N6O6. The van der Waals surface area contributed by atoms with Crippen molar-refractivity contribution >= 4 is 35.9 Å². The number of alkyl carbamates (subject to hydrolysis) is 1. The molecule has 0 aliphatic heterocycles. The highest BCUT2D eigenvalue weighted by atomic mass is 16.5. The van der Waals surface area contributed by atoms with Gasteiger partial charge < -0.3 is 37.1 Å². The van der Waals surface area contributed by atoms with Crippen molar-refractivity contribution in [2.24, 2.45) is 11.7 Å².